The van der Waals surface area contributed by atoms with E-state index in [0.717, 1.165) is 21.9 Å². The quantitative estimate of drug-likeness (QED) is 0.303. The molecule has 0 aliphatic rings. The summed E-state index contributed by atoms with van der Waals surface area (Å²) >= 11 is 0. The number of amides is 1. The van der Waals surface area contributed by atoms with Crippen LogP contribution in [0.5, 0.6) is 0 Å². The van der Waals surface area contributed by atoms with Crippen LogP contribution < -0.4 is 5.43 Å². The number of non-ortho nitro benzene ring substituents is 1. The van der Waals surface area contributed by atoms with Crippen LogP contribution in [-0.4, -0.2) is 26.8 Å². The molecule has 1 amide bonds. The largest absolute Gasteiger partial charge is 0.291 e. The first-order valence-electron chi connectivity index (χ1n) is 9.17. The Labute approximate surface area is 171 Å². The number of carbonyl (C=O) groups excluding carboxylic acids is 1. The van der Waals surface area contributed by atoms with Crippen molar-refractivity contribution in [3.05, 3.63) is 106 Å². The van der Waals surface area contributed by atoms with Crippen LogP contribution in [0.1, 0.15) is 21.6 Å². The number of fused-ring (bicyclic) bond motifs is 1. The van der Waals surface area contributed by atoms with E-state index in [1.54, 1.807) is 35.3 Å². The maximum absolute atomic E-state index is 12.3. The third-order valence-electron chi connectivity index (χ3n) is 4.52. The SMILES string of the molecule is O=C(N/N=C\c1ccc2ccccc2c1)c1ccn(Cc2ccc([N+](=O)[O-])cc2)n1. The van der Waals surface area contributed by atoms with Crippen LogP contribution >= 0.6 is 0 Å². The minimum Gasteiger partial charge on any atom is -0.268 e. The summed E-state index contributed by atoms with van der Waals surface area (Å²) in [5.74, 6) is -0.422. The highest BCUT2D eigenvalue weighted by molar-refractivity contribution is 5.94. The van der Waals surface area contributed by atoms with Crippen LogP contribution in [0.3, 0.4) is 0 Å². The van der Waals surface area contributed by atoms with Crippen molar-refractivity contribution in [2.45, 2.75) is 6.54 Å². The average Bonchev–Trinajstić information content (AvgIpc) is 3.22. The van der Waals surface area contributed by atoms with E-state index in [-0.39, 0.29) is 11.4 Å². The molecule has 0 aliphatic carbocycles. The Morgan fingerprint density at radius 3 is 2.60 bits per heavy atom. The van der Waals surface area contributed by atoms with Crippen molar-refractivity contribution < 1.29 is 9.72 Å². The van der Waals surface area contributed by atoms with Gasteiger partial charge in [-0.05, 0) is 34.0 Å². The zero-order valence-corrected chi connectivity index (χ0v) is 15.8. The second-order valence-electron chi connectivity index (χ2n) is 6.63. The van der Waals surface area contributed by atoms with Crippen molar-refractivity contribution in [3.63, 3.8) is 0 Å². The monoisotopic (exact) mass is 399 g/mol. The fourth-order valence-corrected chi connectivity index (χ4v) is 2.99. The van der Waals surface area contributed by atoms with Gasteiger partial charge in [0, 0.05) is 18.3 Å². The number of benzene rings is 3. The number of nitro groups is 1. The second-order valence-corrected chi connectivity index (χ2v) is 6.63. The lowest BCUT2D eigenvalue weighted by atomic mass is 10.1. The van der Waals surface area contributed by atoms with Crippen LogP contribution in [0.25, 0.3) is 10.8 Å². The van der Waals surface area contributed by atoms with Gasteiger partial charge in [-0.2, -0.15) is 10.2 Å². The molecule has 8 heteroatoms. The Kier molecular flexibility index (Phi) is 5.29. The van der Waals surface area contributed by atoms with Gasteiger partial charge in [0.25, 0.3) is 11.6 Å². The van der Waals surface area contributed by atoms with Crippen LogP contribution in [0, 0.1) is 10.1 Å². The summed E-state index contributed by atoms with van der Waals surface area (Å²) in [5.41, 5.74) is 4.44. The Bertz CT molecular complexity index is 1250. The summed E-state index contributed by atoms with van der Waals surface area (Å²) in [6, 6.07) is 21.7. The number of aromatic nitrogens is 2. The van der Waals surface area contributed by atoms with E-state index in [1.165, 1.54) is 12.1 Å². The highest BCUT2D eigenvalue weighted by Gasteiger charge is 2.09. The molecule has 0 unspecified atom stereocenters. The molecule has 0 spiro atoms. The van der Waals surface area contributed by atoms with Crippen molar-refractivity contribution in [3.8, 4) is 0 Å². The predicted molar refractivity (Wildman–Crippen MR) is 113 cm³/mol. The van der Waals surface area contributed by atoms with Crippen molar-refractivity contribution in [2.75, 3.05) is 0 Å². The number of hydrazone groups is 1. The third-order valence-corrected chi connectivity index (χ3v) is 4.52. The molecule has 1 N–H and O–H groups in total. The van der Waals surface area contributed by atoms with Gasteiger partial charge in [-0.25, -0.2) is 5.43 Å². The van der Waals surface area contributed by atoms with Gasteiger partial charge in [-0.1, -0.05) is 48.5 Å². The molecule has 0 fully saturated rings. The van der Waals surface area contributed by atoms with E-state index < -0.39 is 10.8 Å². The van der Waals surface area contributed by atoms with Gasteiger partial charge in [0.05, 0.1) is 17.7 Å². The molecule has 1 aromatic heterocycles. The zero-order valence-electron chi connectivity index (χ0n) is 15.8. The first-order chi connectivity index (χ1) is 14.6. The molecule has 0 atom stereocenters. The Morgan fingerprint density at radius 2 is 1.83 bits per heavy atom. The fraction of sp³-hybridized carbons (Fsp3) is 0.0455. The number of hydrogen-bond acceptors (Lipinski definition) is 5. The molecule has 4 rings (SSSR count). The summed E-state index contributed by atoms with van der Waals surface area (Å²) < 4.78 is 1.59. The lowest BCUT2D eigenvalue weighted by Gasteiger charge is -2.02. The van der Waals surface area contributed by atoms with Gasteiger partial charge in [-0.15, -0.1) is 0 Å². The number of nitrogens with zero attached hydrogens (tertiary/aromatic N) is 4. The molecular formula is C22H17N5O3. The van der Waals surface area contributed by atoms with Gasteiger partial charge >= 0.3 is 0 Å². The lowest BCUT2D eigenvalue weighted by Crippen LogP contribution is -2.18. The Morgan fingerprint density at radius 1 is 1.07 bits per heavy atom. The molecule has 4 aromatic rings. The molecule has 8 nitrogen and oxygen atoms in total. The molecule has 148 valence electrons. The highest BCUT2D eigenvalue weighted by Crippen LogP contribution is 2.15. The van der Waals surface area contributed by atoms with E-state index in [4.69, 9.17) is 0 Å². The van der Waals surface area contributed by atoms with Crippen molar-refractivity contribution >= 4 is 28.6 Å². The molecule has 0 radical (unpaired) electrons. The smallest absolute Gasteiger partial charge is 0.268 e. The number of rotatable bonds is 6. The van der Waals surface area contributed by atoms with Crippen LogP contribution in [0.2, 0.25) is 0 Å². The molecule has 0 saturated heterocycles. The van der Waals surface area contributed by atoms with Crippen LogP contribution in [-0.2, 0) is 6.54 Å². The summed E-state index contributed by atoms with van der Waals surface area (Å²) in [5, 5.41) is 21.2. The van der Waals surface area contributed by atoms with Crippen molar-refractivity contribution in [1.82, 2.24) is 15.2 Å². The summed E-state index contributed by atoms with van der Waals surface area (Å²) in [7, 11) is 0. The summed E-state index contributed by atoms with van der Waals surface area (Å²) in [6.45, 7) is 0.394. The van der Waals surface area contributed by atoms with Gasteiger partial charge in [0.15, 0.2) is 5.69 Å². The van der Waals surface area contributed by atoms with E-state index >= 15 is 0 Å². The van der Waals surface area contributed by atoms with Gasteiger partial charge in [0.2, 0.25) is 0 Å². The molecule has 0 bridgehead atoms. The summed E-state index contributed by atoms with van der Waals surface area (Å²) in [4.78, 5) is 22.5. The first-order valence-corrected chi connectivity index (χ1v) is 9.17. The molecule has 0 aliphatic heterocycles. The van der Waals surface area contributed by atoms with E-state index in [2.05, 4.69) is 15.6 Å². The van der Waals surface area contributed by atoms with Crippen molar-refractivity contribution in [1.29, 1.82) is 0 Å². The van der Waals surface area contributed by atoms with Gasteiger partial charge in [0.1, 0.15) is 0 Å². The van der Waals surface area contributed by atoms with Crippen molar-refractivity contribution in [2.24, 2.45) is 5.10 Å². The summed E-state index contributed by atoms with van der Waals surface area (Å²) in [6.07, 6.45) is 3.25. The van der Waals surface area contributed by atoms with Gasteiger partial charge in [-0.3, -0.25) is 19.6 Å². The van der Waals surface area contributed by atoms with E-state index in [1.807, 2.05) is 42.5 Å². The molecule has 30 heavy (non-hydrogen) atoms. The molecule has 1 heterocycles. The fourth-order valence-electron chi connectivity index (χ4n) is 2.99. The number of carbonyl (C=O) groups is 1. The molecule has 3 aromatic carbocycles. The molecule has 0 saturated carbocycles. The minimum atomic E-state index is -0.446. The number of nitro benzene ring substituents is 1. The topological polar surface area (TPSA) is 102 Å². The van der Waals surface area contributed by atoms with Gasteiger partial charge < -0.3 is 0 Å². The normalized spacial score (nSPS) is 11.1. The number of hydrogen-bond donors (Lipinski definition) is 1. The Balaban J connectivity index is 1.37. The van der Waals surface area contributed by atoms with E-state index in [0.29, 0.717) is 6.54 Å². The predicted octanol–water partition coefficient (Wildman–Crippen LogP) is 3.76. The maximum atomic E-state index is 12.3. The number of nitrogens with one attached hydrogen (secondary N) is 1. The van der Waals surface area contributed by atoms with Crippen LogP contribution in [0.4, 0.5) is 5.69 Å². The van der Waals surface area contributed by atoms with E-state index in [9.17, 15) is 14.9 Å². The minimum absolute atomic E-state index is 0.0311. The third kappa shape index (κ3) is 4.39. The zero-order chi connectivity index (χ0) is 20.9. The first kappa shape index (κ1) is 19.0. The highest BCUT2D eigenvalue weighted by atomic mass is 16.6. The standard InChI is InChI=1S/C22H17N5O3/c28-22(24-23-14-17-5-8-18-3-1-2-4-19(18)13-17)21-11-12-26(25-21)15-16-6-9-20(10-7-16)27(29)30/h1-14H,15H2,(H,24,28)/b23-14-. The molecular weight excluding hydrogens is 382 g/mol. The lowest BCUT2D eigenvalue weighted by molar-refractivity contribution is -0.384. The average molecular weight is 399 g/mol. The maximum Gasteiger partial charge on any atom is 0.291 e. The van der Waals surface area contributed by atoms with Crippen LogP contribution in [0.15, 0.2) is 84.1 Å². The Hall–Kier alpha value is -4.33. The second kappa shape index (κ2) is 8.36.